The van der Waals surface area contributed by atoms with Crippen LogP contribution in [0.15, 0.2) is 34.4 Å². The molecule has 0 saturated heterocycles. The van der Waals surface area contributed by atoms with Crippen LogP contribution in [0.3, 0.4) is 0 Å². The van der Waals surface area contributed by atoms with Crippen molar-refractivity contribution < 1.29 is 0 Å². The Hall–Kier alpha value is -0.780. The molecule has 1 radical (unpaired) electrons. The molecule has 0 atom stereocenters. The molecule has 13 heavy (non-hydrogen) atoms. The van der Waals surface area contributed by atoms with E-state index < -0.39 is 0 Å². The van der Waals surface area contributed by atoms with Crippen LogP contribution in [0, 0.1) is 6.42 Å². The van der Waals surface area contributed by atoms with Crippen LogP contribution in [0.4, 0.5) is 0 Å². The van der Waals surface area contributed by atoms with Gasteiger partial charge in [0.2, 0.25) is 0 Å². The summed E-state index contributed by atoms with van der Waals surface area (Å²) in [5, 5.41) is 0. The van der Waals surface area contributed by atoms with E-state index in [-0.39, 0.29) is 0 Å². The fraction of sp³-hybridized carbons (Fsp3) is 0.462. The molecular weight excluding hydrogens is 156 g/mol. The Balaban J connectivity index is 1.89. The van der Waals surface area contributed by atoms with Gasteiger partial charge in [-0.2, -0.15) is 0 Å². The van der Waals surface area contributed by atoms with Crippen molar-refractivity contribution in [3.05, 3.63) is 40.9 Å². The Kier molecular flexibility index (Phi) is 1.68. The molecular formula is C13H15. The summed E-state index contributed by atoms with van der Waals surface area (Å²) in [6.07, 6.45) is 14.9. The monoisotopic (exact) mass is 171 g/mol. The Morgan fingerprint density at radius 2 is 1.54 bits per heavy atom. The van der Waals surface area contributed by atoms with Crippen LogP contribution >= 0.6 is 0 Å². The summed E-state index contributed by atoms with van der Waals surface area (Å²) in [7, 11) is 0. The van der Waals surface area contributed by atoms with Crippen molar-refractivity contribution in [3.63, 3.8) is 0 Å². The molecule has 0 saturated carbocycles. The molecule has 0 aromatic heterocycles. The van der Waals surface area contributed by atoms with Gasteiger partial charge in [0.25, 0.3) is 0 Å². The predicted molar refractivity (Wildman–Crippen MR) is 55.2 cm³/mol. The van der Waals surface area contributed by atoms with Crippen LogP contribution in [0.25, 0.3) is 0 Å². The lowest BCUT2D eigenvalue weighted by Crippen LogP contribution is -2.07. The van der Waals surface area contributed by atoms with Crippen molar-refractivity contribution in [2.75, 3.05) is 0 Å². The van der Waals surface area contributed by atoms with E-state index in [1.54, 1.807) is 22.3 Å². The van der Waals surface area contributed by atoms with Crippen molar-refractivity contribution in [2.24, 2.45) is 0 Å². The van der Waals surface area contributed by atoms with E-state index >= 15 is 0 Å². The maximum atomic E-state index is 2.30. The average molecular weight is 171 g/mol. The molecule has 0 spiro atoms. The summed E-state index contributed by atoms with van der Waals surface area (Å²) in [6.45, 7) is 0. The lowest BCUT2D eigenvalue weighted by Gasteiger charge is -2.26. The predicted octanol–water partition coefficient (Wildman–Crippen LogP) is 3.72. The SMILES string of the molecule is [CH]1C=CC2=C1CC1=C(CCCC1)C2. The van der Waals surface area contributed by atoms with E-state index in [2.05, 4.69) is 18.6 Å². The second-order valence-corrected chi connectivity index (χ2v) is 4.34. The fourth-order valence-corrected chi connectivity index (χ4v) is 2.76. The van der Waals surface area contributed by atoms with Gasteiger partial charge in [-0.05, 0) is 44.1 Å². The lowest BCUT2D eigenvalue weighted by atomic mass is 9.80. The number of rotatable bonds is 0. The molecule has 0 heteroatoms. The van der Waals surface area contributed by atoms with Crippen molar-refractivity contribution in [1.29, 1.82) is 0 Å². The highest BCUT2D eigenvalue weighted by Crippen LogP contribution is 2.41. The van der Waals surface area contributed by atoms with E-state index in [9.17, 15) is 0 Å². The second-order valence-electron chi connectivity index (χ2n) is 4.34. The van der Waals surface area contributed by atoms with Gasteiger partial charge in [-0.25, -0.2) is 0 Å². The van der Waals surface area contributed by atoms with Crippen LogP contribution in [-0.4, -0.2) is 0 Å². The molecule has 0 fully saturated rings. The smallest absolute Gasteiger partial charge is 0.00898 e. The summed E-state index contributed by atoms with van der Waals surface area (Å²) in [5.41, 5.74) is 6.73. The second kappa shape index (κ2) is 2.87. The maximum Gasteiger partial charge on any atom is 0.00898 e. The van der Waals surface area contributed by atoms with Crippen molar-refractivity contribution in [3.8, 4) is 0 Å². The third-order valence-corrected chi connectivity index (χ3v) is 3.52. The van der Waals surface area contributed by atoms with Gasteiger partial charge < -0.3 is 0 Å². The summed E-state index contributed by atoms with van der Waals surface area (Å²) >= 11 is 0. The zero-order chi connectivity index (χ0) is 8.67. The Morgan fingerprint density at radius 1 is 0.846 bits per heavy atom. The molecule has 0 bridgehead atoms. The normalized spacial score (nSPS) is 26.5. The molecule has 3 rings (SSSR count). The molecule has 0 unspecified atom stereocenters. The van der Waals surface area contributed by atoms with Crippen molar-refractivity contribution in [1.82, 2.24) is 0 Å². The zero-order valence-electron chi connectivity index (χ0n) is 7.97. The Labute approximate surface area is 80.0 Å². The Morgan fingerprint density at radius 3 is 2.31 bits per heavy atom. The van der Waals surface area contributed by atoms with Gasteiger partial charge >= 0.3 is 0 Å². The van der Waals surface area contributed by atoms with Gasteiger partial charge in [0, 0.05) is 6.42 Å². The van der Waals surface area contributed by atoms with Crippen LogP contribution in [0.5, 0.6) is 0 Å². The molecule has 0 aromatic carbocycles. The van der Waals surface area contributed by atoms with Crippen molar-refractivity contribution in [2.45, 2.75) is 38.5 Å². The topological polar surface area (TPSA) is 0 Å². The van der Waals surface area contributed by atoms with E-state index in [1.165, 1.54) is 38.5 Å². The molecule has 67 valence electrons. The molecule has 3 aliphatic rings. The largest absolute Gasteiger partial charge is 0.0761 e. The summed E-state index contributed by atoms with van der Waals surface area (Å²) in [6, 6.07) is 0. The molecule has 3 aliphatic carbocycles. The van der Waals surface area contributed by atoms with Gasteiger partial charge in [0.1, 0.15) is 0 Å². The van der Waals surface area contributed by atoms with E-state index in [0.717, 1.165) is 0 Å². The van der Waals surface area contributed by atoms with Crippen molar-refractivity contribution >= 4 is 0 Å². The molecule has 0 aromatic rings. The lowest BCUT2D eigenvalue weighted by molar-refractivity contribution is 0.638. The van der Waals surface area contributed by atoms with Crippen LogP contribution < -0.4 is 0 Å². The standard InChI is InChI=1S/C13H15/c1-2-5-11-9-13-7-3-6-12(13)8-10(11)4-1/h3,6-7H,1-2,4-5,8-9H2. The number of hydrogen-bond acceptors (Lipinski definition) is 0. The molecule has 0 aliphatic heterocycles. The van der Waals surface area contributed by atoms with Crippen LogP contribution in [0.1, 0.15) is 38.5 Å². The van der Waals surface area contributed by atoms with Gasteiger partial charge in [-0.3, -0.25) is 0 Å². The van der Waals surface area contributed by atoms with Gasteiger partial charge in [-0.1, -0.05) is 28.9 Å². The summed E-state index contributed by atoms with van der Waals surface area (Å²) < 4.78 is 0. The van der Waals surface area contributed by atoms with E-state index in [0.29, 0.717) is 0 Å². The minimum atomic E-state index is 1.26. The first kappa shape index (κ1) is 7.61. The molecule has 0 N–H and O–H groups in total. The third-order valence-electron chi connectivity index (χ3n) is 3.52. The number of allylic oxidation sites excluding steroid dienone is 6. The summed E-state index contributed by atoms with van der Waals surface area (Å²) in [5.74, 6) is 0. The highest BCUT2D eigenvalue weighted by molar-refractivity contribution is 5.50. The molecule has 0 amide bonds. The fourth-order valence-electron chi connectivity index (χ4n) is 2.76. The molecule has 0 nitrogen and oxygen atoms in total. The quantitative estimate of drug-likeness (QED) is 0.487. The van der Waals surface area contributed by atoms with E-state index in [1.807, 2.05) is 0 Å². The maximum absolute atomic E-state index is 2.30. The number of hydrogen-bond donors (Lipinski definition) is 0. The van der Waals surface area contributed by atoms with Gasteiger partial charge in [-0.15, -0.1) is 0 Å². The zero-order valence-corrected chi connectivity index (χ0v) is 7.97. The highest BCUT2D eigenvalue weighted by atomic mass is 14.3. The first-order valence-electron chi connectivity index (χ1n) is 5.37. The first-order valence-corrected chi connectivity index (χ1v) is 5.37. The Bertz CT molecular complexity index is 326. The van der Waals surface area contributed by atoms with E-state index in [4.69, 9.17) is 0 Å². The summed E-state index contributed by atoms with van der Waals surface area (Å²) in [4.78, 5) is 0. The third kappa shape index (κ3) is 1.20. The highest BCUT2D eigenvalue weighted by Gasteiger charge is 2.22. The molecule has 0 heterocycles. The van der Waals surface area contributed by atoms with Gasteiger partial charge in [0.05, 0.1) is 0 Å². The van der Waals surface area contributed by atoms with Gasteiger partial charge in [0.15, 0.2) is 0 Å². The van der Waals surface area contributed by atoms with Crippen LogP contribution in [-0.2, 0) is 0 Å². The van der Waals surface area contributed by atoms with Crippen LogP contribution in [0.2, 0.25) is 0 Å². The first-order chi connectivity index (χ1) is 6.43. The minimum absolute atomic E-state index is 1.26. The minimum Gasteiger partial charge on any atom is -0.0761 e. The average Bonchev–Trinajstić information content (AvgIpc) is 2.61.